The number of hydrogen-bond acceptors (Lipinski definition) is 4. The summed E-state index contributed by atoms with van der Waals surface area (Å²) in [5.74, 6) is -1.41. The van der Waals surface area contributed by atoms with Crippen LogP contribution in [0.1, 0.15) is 22.0 Å². The predicted molar refractivity (Wildman–Crippen MR) is 73.5 cm³/mol. The van der Waals surface area contributed by atoms with E-state index in [-0.39, 0.29) is 17.9 Å². The van der Waals surface area contributed by atoms with Gasteiger partial charge in [-0.05, 0) is 17.7 Å². The minimum absolute atomic E-state index is 0.0422. The Kier molecular flexibility index (Phi) is 4.22. The highest BCUT2D eigenvalue weighted by Crippen LogP contribution is 2.28. The van der Waals surface area contributed by atoms with Gasteiger partial charge in [-0.2, -0.15) is 0 Å². The molecule has 4 N–H and O–H groups in total. The van der Waals surface area contributed by atoms with E-state index in [1.54, 1.807) is 24.3 Å². The fourth-order valence-corrected chi connectivity index (χ4v) is 1.87. The monoisotopic (exact) mass is 273 g/mol. The normalized spacial score (nSPS) is 11.8. The van der Waals surface area contributed by atoms with Crippen LogP contribution in [0.2, 0.25) is 0 Å². The van der Waals surface area contributed by atoms with E-state index in [1.807, 2.05) is 6.07 Å². The number of hydrogen-bond donors (Lipinski definition) is 4. The molecule has 2 aromatic rings. The van der Waals surface area contributed by atoms with Crippen LogP contribution in [0.5, 0.6) is 11.5 Å². The van der Waals surface area contributed by atoms with Crippen LogP contribution in [0.4, 0.5) is 0 Å². The van der Waals surface area contributed by atoms with Crippen LogP contribution in [0.25, 0.3) is 0 Å². The number of phenols is 2. The van der Waals surface area contributed by atoms with Crippen molar-refractivity contribution >= 4 is 5.91 Å². The lowest BCUT2D eigenvalue weighted by Crippen LogP contribution is -2.30. The first-order chi connectivity index (χ1) is 9.63. The molecule has 0 unspecified atom stereocenters. The third-order valence-electron chi connectivity index (χ3n) is 2.95. The molecular weight excluding hydrogens is 258 g/mol. The zero-order chi connectivity index (χ0) is 14.5. The van der Waals surface area contributed by atoms with Gasteiger partial charge in [-0.25, -0.2) is 0 Å². The number of phenolic OH excluding ortho intramolecular Hbond substituents is 2. The van der Waals surface area contributed by atoms with Gasteiger partial charge >= 0.3 is 0 Å². The molecule has 5 nitrogen and oxygen atoms in total. The molecule has 0 bridgehead atoms. The molecule has 0 spiro atoms. The molecule has 5 heteroatoms. The van der Waals surface area contributed by atoms with Crippen molar-refractivity contribution in [2.45, 2.75) is 6.04 Å². The SMILES string of the molecule is O=C(N[C@H](CO)c1ccccc1)c1cccc(O)c1O. The summed E-state index contributed by atoms with van der Waals surface area (Å²) >= 11 is 0. The molecule has 0 aliphatic rings. The molecular formula is C15H15NO4. The first-order valence-corrected chi connectivity index (χ1v) is 6.11. The summed E-state index contributed by atoms with van der Waals surface area (Å²) in [6.07, 6.45) is 0. The number of aliphatic hydroxyl groups is 1. The third kappa shape index (κ3) is 2.89. The Morgan fingerprint density at radius 1 is 1.05 bits per heavy atom. The Labute approximate surface area is 116 Å². The quantitative estimate of drug-likeness (QED) is 0.636. The average molecular weight is 273 g/mol. The van der Waals surface area contributed by atoms with Crippen LogP contribution in [0, 0.1) is 0 Å². The van der Waals surface area contributed by atoms with Crippen molar-refractivity contribution in [2.75, 3.05) is 6.61 Å². The molecule has 0 radical (unpaired) electrons. The molecule has 0 heterocycles. The van der Waals surface area contributed by atoms with Crippen molar-refractivity contribution in [3.63, 3.8) is 0 Å². The van der Waals surface area contributed by atoms with E-state index in [0.717, 1.165) is 5.56 Å². The zero-order valence-corrected chi connectivity index (χ0v) is 10.7. The summed E-state index contributed by atoms with van der Waals surface area (Å²) in [5, 5.41) is 31.0. The number of carbonyl (C=O) groups excluding carboxylic acids is 1. The van der Waals surface area contributed by atoms with Gasteiger partial charge in [0, 0.05) is 0 Å². The molecule has 1 amide bonds. The van der Waals surface area contributed by atoms with Gasteiger partial charge in [0.2, 0.25) is 0 Å². The number of rotatable bonds is 4. The molecule has 0 aromatic heterocycles. The van der Waals surface area contributed by atoms with Gasteiger partial charge in [0.15, 0.2) is 11.5 Å². The summed E-state index contributed by atoms with van der Waals surface area (Å²) < 4.78 is 0. The van der Waals surface area contributed by atoms with Crippen LogP contribution in [-0.4, -0.2) is 27.8 Å². The van der Waals surface area contributed by atoms with Crippen LogP contribution >= 0.6 is 0 Å². The van der Waals surface area contributed by atoms with Crippen molar-refractivity contribution in [1.29, 1.82) is 0 Å². The summed E-state index contributed by atoms with van der Waals surface area (Å²) in [6.45, 7) is -0.269. The van der Waals surface area contributed by atoms with Crippen molar-refractivity contribution in [2.24, 2.45) is 0 Å². The Morgan fingerprint density at radius 2 is 1.75 bits per heavy atom. The van der Waals surface area contributed by atoms with E-state index in [2.05, 4.69) is 5.32 Å². The lowest BCUT2D eigenvalue weighted by Gasteiger charge is -2.17. The highest BCUT2D eigenvalue weighted by Gasteiger charge is 2.18. The lowest BCUT2D eigenvalue weighted by molar-refractivity contribution is 0.0913. The van der Waals surface area contributed by atoms with E-state index in [1.165, 1.54) is 18.2 Å². The summed E-state index contributed by atoms with van der Waals surface area (Å²) in [6, 6.07) is 12.6. The maximum atomic E-state index is 12.1. The molecule has 0 saturated carbocycles. The highest BCUT2D eigenvalue weighted by molar-refractivity contribution is 5.97. The van der Waals surface area contributed by atoms with E-state index in [0.29, 0.717) is 0 Å². The van der Waals surface area contributed by atoms with Gasteiger partial charge in [0.05, 0.1) is 18.2 Å². The number of amides is 1. The van der Waals surface area contributed by atoms with Gasteiger partial charge in [-0.3, -0.25) is 4.79 Å². The van der Waals surface area contributed by atoms with Crippen LogP contribution in [0.15, 0.2) is 48.5 Å². The zero-order valence-electron chi connectivity index (χ0n) is 10.7. The molecule has 0 aliphatic carbocycles. The van der Waals surface area contributed by atoms with Crippen LogP contribution < -0.4 is 5.32 Å². The Hall–Kier alpha value is -2.53. The Morgan fingerprint density at radius 3 is 2.40 bits per heavy atom. The number of aliphatic hydroxyl groups excluding tert-OH is 1. The fraction of sp³-hybridized carbons (Fsp3) is 0.133. The molecule has 0 aliphatic heterocycles. The largest absolute Gasteiger partial charge is 0.504 e. The molecule has 1 atom stereocenters. The van der Waals surface area contributed by atoms with E-state index in [9.17, 15) is 20.1 Å². The van der Waals surface area contributed by atoms with Gasteiger partial charge in [-0.1, -0.05) is 36.4 Å². The fourth-order valence-electron chi connectivity index (χ4n) is 1.87. The van der Waals surface area contributed by atoms with Crippen molar-refractivity contribution in [3.05, 3.63) is 59.7 Å². The van der Waals surface area contributed by atoms with E-state index >= 15 is 0 Å². The average Bonchev–Trinajstić information content (AvgIpc) is 2.48. The maximum Gasteiger partial charge on any atom is 0.255 e. The molecule has 20 heavy (non-hydrogen) atoms. The summed E-state index contributed by atoms with van der Waals surface area (Å²) in [7, 11) is 0. The van der Waals surface area contributed by atoms with Crippen molar-refractivity contribution in [1.82, 2.24) is 5.32 Å². The second-order valence-electron chi connectivity index (χ2n) is 4.29. The Balaban J connectivity index is 2.20. The van der Waals surface area contributed by atoms with Gasteiger partial charge in [0.25, 0.3) is 5.91 Å². The number of benzene rings is 2. The first kappa shape index (κ1) is 13.9. The van der Waals surface area contributed by atoms with Gasteiger partial charge < -0.3 is 20.6 Å². The van der Waals surface area contributed by atoms with Gasteiger partial charge in [-0.15, -0.1) is 0 Å². The lowest BCUT2D eigenvalue weighted by atomic mass is 10.1. The van der Waals surface area contributed by atoms with E-state index < -0.39 is 17.7 Å². The van der Waals surface area contributed by atoms with E-state index in [4.69, 9.17) is 0 Å². The molecule has 2 aromatic carbocycles. The predicted octanol–water partition coefficient (Wildman–Crippen LogP) is 1.56. The number of nitrogens with one attached hydrogen (secondary N) is 1. The van der Waals surface area contributed by atoms with Crippen LogP contribution in [0.3, 0.4) is 0 Å². The second kappa shape index (κ2) is 6.08. The molecule has 0 saturated heterocycles. The number of aromatic hydroxyl groups is 2. The molecule has 104 valence electrons. The third-order valence-corrected chi connectivity index (χ3v) is 2.95. The summed E-state index contributed by atoms with van der Waals surface area (Å²) in [4.78, 5) is 12.1. The van der Waals surface area contributed by atoms with Crippen molar-refractivity contribution in [3.8, 4) is 11.5 Å². The number of carbonyl (C=O) groups is 1. The topological polar surface area (TPSA) is 89.8 Å². The first-order valence-electron chi connectivity index (χ1n) is 6.11. The minimum atomic E-state index is -0.578. The maximum absolute atomic E-state index is 12.1. The van der Waals surface area contributed by atoms with Crippen LogP contribution in [-0.2, 0) is 0 Å². The minimum Gasteiger partial charge on any atom is -0.504 e. The van der Waals surface area contributed by atoms with Crippen molar-refractivity contribution < 1.29 is 20.1 Å². The highest BCUT2D eigenvalue weighted by atomic mass is 16.3. The van der Waals surface area contributed by atoms with Gasteiger partial charge in [0.1, 0.15) is 0 Å². The second-order valence-corrected chi connectivity index (χ2v) is 4.29. The standard InChI is InChI=1S/C15H15NO4/c17-9-12(10-5-2-1-3-6-10)16-15(20)11-7-4-8-13(18)14(11)19/h1-8,12,17-19H,9H2,(H,16,20)/t12-/m1/s1. The Bertz CT molecular complexity index is 598. The smallest absolute Gasteiger partial charge is 0.255 e. The molecule has 2 rings (SSSR count). The number of para-hydroxylation sites is 1. The summed E-state index contributed by atoms with van der Waals surface area (Å²) in [5.41, 5.74) is 0.711. The molecule has 0 fully saturated rings.